The smallest absolute Gasteiger partial charge is 0.264 e. The lowest BCUT2D eigenvalue weighted by Crippen LogP contribution is -2.09. The van der Waals surface area contributed by atoms with Gasteiger partial charge in [-0.3, -0.25) is 4.18 Å². The lowest BCUT2D eigenvalue weighted by atomic mass is 10.3. The Balaban J connectivity index is 3.09. The largest absolute Gasteiger partial charge is 0.379 e. The Bertz CT molecular complexity index is 198. The molecule has 0 aliphatic rings. The van der Waals surface area contributed by atoms with E-state index < -0.39 is 10.1 Å². The van der Waals surface area contributed by atoms with Gasteiger partial charge in [0, 0.05) is 6.61 Å². The molecule has 0 unspecified atom stereocenters. The van der Waals surface area contributed by atoms with Crippen molar-refractivity contribution in [2.75, 3.05) is 26.1 Å². The molecule has 80 valence electrons. The van der Waals surface area contributed by atoms with Crippen molar-refractivity contribution in [2.45, 2.75) is 26.2 Å². The van der Waals surface area contributed by atoms with Gasteiger partial charge in [-0.05, 0) is 6.42 Å². The molecule has 0 saturated heterocycles. The first kappa shape index (κ1) is 12.9. The van der Waals surface area contributed by atoms with Gasteiger partial charge in [0.2, 0.25) is 0 Å². The highest BCUT2D eigenvalue weighted by Gasteiger charge is 1.99. The molecule has 0 aromatic rings. The molecule has 0 aliphatic carbocycles. The monoisotopic (exact) mass is 210 g/mol. The van der Waals surface area contributed by atoms with Crippen LogP contribution in [0.5, 0.6) is 0 Å². The molecule has 4 nitrogen and oxygen atoms in total. The Kier molecular flexibility index (Phi) is 7.22. The molecule has 0 saturated carbocycles. The van der Waals surface area contributed by atoms with Gasteiger partial charge in [0.25, 0.3) is 10.1 Å². The zero-order chi connectivity index (χ0) is 10.2. The van der Waals surface area contributed by atoms with Gasteiger partial charge in [-0.25, -0.2) is 0 Å². The number of hydrogen-bond donors (Lipinski definition) is 0. The minimum Gasteiger partial charge on any atom is -0.379 e. The molecule has 0 amide bonds. The maximum absolute atomic E-state index is 10.5. The Labute approximate surface area is 80.4 Å². The molecule has 0 bridgehead atoms. The number of unbranched alkanes of at least 4 members (excludes halogenated alkanes) is 2. The Hall–Kier alpha value is -0.130. The SMILES string of the molecule is CCCCCOCCOS(C)(=O)=O. The summed E-state index contributed by atoms with van der Waals surface area (Å²) in [4.78, 5) is 0. The summed E-state index contributed by atoms with van der Waals surface area (Å²) in [5, 5.41) is 0. The van der Waals surface area contributed by atoms with E-state index in [9.17, 15) is 8.42 Å². The average Bonchev–Trinajstić information content (AvgIpc) is 2.01. The fourth-order valence-electron chi connectivity index (χ4n) is 0.801. The topological polar surface area (TPSA) is 52.6 Å². The third kappa shape index (κ3) is 11.9. The van der Waals surface area contributed by atoms with Crippen molar-refractivity contribution in [3.63, 3.8) is 0 Å². The first-order valence-electron chi connectivity index (χ1n) is 4.48. The van der Waals surface area contributed by atoms with Crippen molar-refractivity contribution in [2.24, 2.45) is 0 Å². The number of hydrogen-bond acceptors (Lipinski definition) is 4. The highest BCUT2D eigenvalue weighted by molar-refractivity contribution is 7.85. The summed E-state index contributed by atoms with van der Waals surface area (Å²) in [6.45, 7) is 3.26. The van der Waals surface area contributed by atoms with E-state index in [1.807, 2.05) is 0 Å². The fraction of sp³-hybridized carbons (Fsp3) is 1.00. The van der Waals surface area contributed by atoms with E-state index in [2.05, 4.69) is 11.1 Å². The van der Waals surface area contributed by atoms with Crippen molar-refractivity contribution >= 4 is 10.1 Å². The van der Waals surface area contributed by atoms with Crippen LogP contribution in [-0.4, -0.2) is 34.5 Å². The van der Waals surface area contributed by atoms with Gasteiger partial charge in [0.05, 0.1) is 19.5 Å². The van der Waals surface area contributed by atoms with Crippen LogP contribution in [0, 0.1) is 0 Å². The predicted octanol–water partition coefficient (Wildman–Crippen LogP) is 1.17. The summed E-state index contributed by atoms with van der Waals surface area (Å²) in [5.74, 6) is 0. The minimum atomic E-state index is -3.30. The summed E-state index contributed by atoms with van der Waals surface area (Å²) < 4.78 is 30.6. The minimum absolute atomic E-state index is 0.116. The predicted molar refractivity (Wildman–Crippen MR) is 51.1 cm³/mol. The zero-order valence-corrected chi connectivity index (χ0v) is 9.10. The maximum atomic E-state index is 10.5. The van der Waals surface area contributed by atoms with E-state index in [0.717, 1.165) is 25.5 Å². The second-order valence-corrected chi connectivity index (χ2v) is 4.49. The van der Waals surface area contributed by atoms with Gasteiger partial charge in [0.1, 0.15) is 0 Å². The lowest BCUT2D eigenvalue weighted by Gasteiger charge is -2.03. The van der Waals surface area contributed by atoms with Gasteiger partial charge in [0.15, 0.2) is 0 Å². The molecule has 0 rings (SSSR count). The molecule has 0 aliphatic heterocycles. The van der Waals surface area contributed by atoms with Crippen molar-refractivity contribution in [3.8, 4) is 0 Å². The second-order valence-electron chi connectivity index (χ2n) is 2.85. The second kappa shape index (κ2) is 7.29. The molecule has 0 aromatic carbocycles. The highest BCUT2D eigenvalue weighted by atomic mass is 32.2. The first-order chi connectivity index (χ1) is 6.06. The quantitative estimate of drug-likeness (QED) is 0.446. The van der Waals surface area contributed by atoms with E-state index in [4.69, 9.17) is 4.74 Å². The van der Waals surface area contributed by atoms with Crippen LogP contribution in [0.15, 0.2) is 0 Å². The molecule has 0 heterocycles. The Morgan fingerprint density at radius 3 is 2.31 bits per heavy atom. The van der Waals surface area contributed by atoms with Gasteiger partial charge < -0.3 is 4.74 Å². The lowest BCUT2D eigenvalue weighted by molar-refractivity contribution is 0.0996. The number of ether oxygens (including phenoxy) is 1. The van der Waals surface area contributed by atoms with E-state index >= 15 is 0 Å². The van der Waals surface area contributed by atoms with Gasteiger partial charge in [-0.15, -0.1) is 0 Å². The summed E-state index contributed by atoms with van der Waals surface area (Å²) in [7, 11) is -3.30. The zero-order valence-electron chi connectivity index (χ0n) is 8.28. The first-order valence-corrected chi connectivity index (χ1v) is 6.30. The normalized spacial score (nSPS) is 11.8. The van der Waals surface area contributed by atoms with Crippen LogP contribution in [0.3, 0.4) is 0 Å². The third-order valence-electron chi connectivity index (χ3n) is 1.42. The molecule has 0 spiro atoms. The molecular formula is C8H18O4S. The Morgan fingerprint density at radius 1 is 1.08 bits per heavy atom. The molecule has 0 fully saturated rings. The van der Waals surface area contributed by atoms with Crippen LogP contribution in [0.25, 0.3) is 0 Å². The van der Waals surface area contributed by atoms with E-state index in [-0.39, 0.29) is 6.61 Å². The number of rotatable bonds is 8. The molecule has 0 aromatic heterocycles. The Morgan fingerprint density at radius 2 is 1.77 bits per heavy atom. The van der Waals surface area contributed by atoms with E-state index in [0.29, 0.717) is 13.2 Å². The van der Waals surface area contributed by atoms with Gasteiger partial charge >= 0.3 is 0 Å². The fourth-order valence-corrected chi connectivity index (χ4v) is 1.17. The van der Waals surface area contributed by atoms with Crippen molar-refractivity contribution < 1.29 is 17.3 Å². The highest BCUT2D eigenvalue weighted by Crippen LogP contribution is 1.94. The maximum Gasteiger partial charge on any atom is 0.264 e. The van der Waals surface area contributed by atoms with Crippen LogP contribution < -0.4 is 0 Å². The molecule has 13 heavy (non-hydrogen) atoms. The molecule has 0 radical (unpaired) electrons. The third-order valence-corrected chi connectivity index (χ3v) is 2.01. The van der Waals surface area contributed by atoms with Crippen LogP contribution in [0.1, 0.15) is 26.2 Å². The molecular weight excluding hydrogens is 192 g/mol. The van der Waals surface area contributed by atoms with Crippen molar-refractivity contribution in [1.82, 2.24) is 0 Å². The summed E-state index contributed by atoms with van der Waals surface area (Å²) in [6.07, 6.45) is 4.36. The molecule has 0 N–H and O–H groups in total. The van der Waals surface area contributed by atoms with Gasteiger partial charge in [-0.1, -0.05) is 19.8 Å². The summed E-state index contributed by atoms with van der Waals surface area (Å²) in [6, 6.07) is 0. The standard InChI is InChI=1S/C8H18O4S/c1-3-4-5-6-11-7-8-12-13(2,9)10/h3-8H2,1-2H3. The van der Waals surface area contributed by atoms with E-state index in [1.54, 1.807) is 0 Å². The van der Waals surface area contributed by atoms with Crippen LogP contribution in [-0.2, 0) is 19.0 Å². The van der Waals surface area contributed by atoms with Crippen LogP contribution >= 0.6 is 0 Å². The molecule has 5 heteroatoms. The van der Waals surface area contributed by atoms with Crippen LogP contribution in [0.4, 0.5) is 0 Å². The van der Waals surface area contributed by atoms with Crippen LogP contribution in [0.2, 0.25) is 0 Å². The molecule has 0 atom stereocenters. The average molecular weight is 210 g/mol. The van der Waals surface area contributed by atoms with Gasteiger partial charge in [-0.2, -0.15) is 8.42 Å². The van der Waals surface area contributed by atoms with Crippen molar-refractivity contribution in [1.29, 1.82) is 0 Å². The van der Waals surface area contributed by atoms with Crippen molar-refractivity contribution in [3.05, 3.63) is 0 Å². The summed E-state index contributed by atoms with van der Waals surface area (Å²) in [5.41, 5.74) is 0. The summed E-state index contributed by atoms with van der Waals surface area (Å²) >= 11 is 0. The van der Waals surface area contributed by atoms with E-state index in [1.165, 1.54) is 0 Å².